The van der Waals surface area contributed by atoms with Gasteiger partial charge in [0, 0.05) is 23.3 Å². The molecule has 0 aliphatic carbocycles. The molecule has 0 aliphatic heterocycles. The van der Waals surface area contributed by atoms with E-state index in [2.05, 4.69) is 9.97 Å². The number of fused-ring (bicyclic) bond motifs is 1. The number of aldehydes is 1. The zero-order valence-corrected chi connectivity index (χ0v) is 7.82. The van der Waals surface area contributed by atoms with Crippen LogP contribution >= 0.6 is 0 Å². The van der Waals surface area contributed by atoms with Crippen molar-refractivity contribution < 1.29 is 4.79 Å². The van der Waals surface area contributed by atoms with Crippen LogP contribution in [-0.2, 0) is 4.79 Å². The number of pyridine rings is 1. The molecule has 2 rings (SSSR count). The molecule has 2 heterocycles. The molecule has 0 atom stereocenters. The van der Waals surface area contributed by atoms with Gasteiger partial charge in [-0.05, 0) is 30.7 Å². The summed E-state index contributed by atoms with van der Waals surface area (Å²) in [7, 11) is 0. The lowest BCUT2D eigenvalue weighted by molar-refractivity contribution is -0.104. The Labute approximate surface area is 81.5 Å². The van der Waals surface area contributed by atoms with E-state index in [1.807, 2.05) is 24.4 Å². The molecule has 0 bridgehead atoms. The Morgan fingerprint density at radius 3 is 3.21 bits per heavy atom. The monoisotopic (exact) mass is 186 g/mol. The average Bonchev–Trinajstić information content (AvgIpc) is 2.62. The summed E-state index contributed by atoms with van der Waals surface area (Å²) in [4.78, 5) is 17.7. The van der Waals surface area contributed by atoms with E-state index in [1.165, 1.54) is 0 Å². The van der Waals surface area contributed by atoms with Crippen LogP contribution in [0.5, 0.6) is 0 Å². The molecule has 70 valence electrons. The van der Waals surface area contributed by atoms with Crippen LogP contribution < -0.4 is 0 Å². The third-order valence-corrected chi connectivity index (χ3v) is 2.05. The van der Waals surface area contributed by atoms with E-state index >= 15 is 0 Å². The second-order valence-electron chi connectivity index (χ2n) is 3.15. The lowest BCUT2D eigenvalue weighted by Crippen LogP contribution is -1.76. The molecule has 0 saturated heterocycles. The Bertz CT molecular complexity index is 497. The van der Waals surface area contributed by atoms with Gasteiger partial charge in [0.15, 0.2) is 0 Å². The zero-order chi connectivity index (χ0) is 9.97. The molecular weight excluding hydrogens is 176 g/mol. The minimum absolute atomic E-state index is 0.703. The van der Waals surface area contributed by atoms with Crippen molar-refractivity contribution in [3.63, 3.8) is 0 Å². The number of nitrogens with zero attached hydrogens (tertiary/aromatic N) is 1. The summed E-state index contributed by atoms with van der Waals surface area (Å²) in [5, 5.41) is 1.04. The maximum atomic E-state index is 10.5. The van der Waals surface area contributed by atoms with Gasteiger partial charge in [0.2, 0.25) is 0 Å². The number of carbonyl (C=O) groups excluding carboxylic acids is 1. The largest absolute Gasteiger partial charge is 0.346 e. The van der Waals surface area contributed by atoms with Crippen LogP contribution in [0.4, 0.5) is 0 Å². The first kappa shape index (κ1) is 8.69. The van der Waals surface area contributed by atoms with Crippen LogP contribution in [0.2, 0.25) is 0 Å². The predicted molar refractivity (Wildman–Crippen MR) is 55.8 cm³/mol. The summed E-state index contributed by atoms with van der Waals surface area (Å²) in [5.74, 6) is 0. The fourth-order valence-electron chi connectivity index (χ4n) is 1.38. The van der Waals surface area contributed by atoms with E-state index in [0.717, 1.165) is 22.9 Å². The van der Waals surface area contributed by atoms with E-state index < -0.39 is 0 Å². The van der Waals surface area contributed by atoms with E-state index in [4.69, 9.17) is 0 Å². The fraction of sp³-hybridized carbons (Fsp3) is 0.0909. The molecule has 0 spiro atoms. The van der Waals surface area contributed by atoms with Gasteiger partial charge in [0.1, 0.15) is 11.9 Å². The van der Waals surface area contributed by atoms with Crippen LogP contribution in [0.3, 0.4) is 0 Å². The Kier molecular flexibility index (Phi) is 2.14. The summed E-state index contributed by atoms with van der Waals surface area (Å²) in [5.41, 5.74) is 2.55. The SMILES string of the molecule is C/C(C=O)=C/c1c[nH]c2ncccc12. The van der Waals surface area contributed by atoms with Gasteiger partial charge in [0.05, 0.1) is 0 Å². The zero-order valence-electron chi connectivity index (χ0n) is 7.82. The van der Waals surface area contributed by atoms with E-state index in [0.29, 0.717) is 5.57 Å². The molecule has 0 aliphatic rings. The summed E-state index contributed by atoms with van der Waals surface area (Å²) in [6.45, 7) is 1.78. The molecule has 0 fully saturated rings. The number of carbonyl (C=O) groups is 1. The second kappa shape index (κ2) is 3.46. The van der Waals surface area contributed by atoms with Gasteiger partial charge in [-0.3, -0.25) is 4.79 Å². The molecule has 1 N–H and O–H groups in total. The summed E-state index contributed by atoms with van der Waals surface area (Å²) in [6.07, 6.45) is 6.27. The average molecular weight is 186 g/mol. The van der Waals surface area contributed by atoms with Gasteiger partial charge in [-0.1, -0.05) is 0 Å². The minimum Gasteiger partial charge on any atom is -0.346 e. The highest BCUT2D eigenvalue weighted by molar-refractivity contribution is 5.90. The Balaban J connectivity index is 2.59. The third-order valence-electron chi connectivity index (χ3n) is 2.05. The van der Waals surface area contributed by atoms with Gasteiger partial charge in [-0.25, -0.2) is 4.98 Å². The topological polar surface area (TPSA) is 45.8 Å². The molecule has 0 amide bonds. The molecule has 3 heteroatoms. The van der Waals surface area contributed by atoms with Crippen LogP contribution in [0, 0.1) is 0 Å². The molecule has 0 saturated carbocycles. The highest BCUT2D eigenvalue weighted by atomic mass is 16.1. The van der Waals surface area contributed by atoms with Gasteiger partial charge in [0.25, 0.3) is 0 Å². The fourth-order valence-corrected chi connectivity index (χ4v) is 1.38. The Morgan fingerprint density at radius 1 is 1.57 bits per heavy atom. The Morgan fingerprint density at radius 2 is 2.43 bits per heavy atom. The maximum absolute atomic E-state index is 10.5. The normalized spacial score (nSPS) is 11.9. The van der Waals surface area contributed by atoms with Crippen LogP contribution in [0.15, 0.2) is 30.1 Å². The number of aromatic nitrogens is 2. The van der Waals surface area contributed by atoms with Crippen LogP contribution in [0.1, 0.15) is 12.5 Å². The number of rotatable bonds is 2. The van der Waals surface area contributed by atoms with E-state index in [-0.39, 0.29) is 0 Å². The summed E-state index contributed by atoms with van der Waals surface area (Å²) < 4.78 is 0. The molecule has 0 radical (unpaired) electrons. The van der Waals surface area contributed by atoms with Gasteiger partial charge < -0.3 is 4.98 Å². The van der Waals surface area contributed by atoms with Crippen molar-refractivity contribution >= 4 is 23.4 Å². The molecule has 0 aromatic carbocycles. The number of nitrogens with one attached hydrogen (secondary N) is 1. The summed E-state index contributed by atoms with van der Waals surface area (Å²) >= 11 is 0. The highest BCUT2D eigenvalue weighted by Gasteiger charge is 2.00. The lowest BCUT2D eigenvalue weighted by Gasteiger charge is -1.90. The van der Waals surface area contributed by atoms with Gasteiger partial charge >= 0.3 is 0 Å². The van der Waals surface area contributed by atoms with Crippen LogP contribution in [0.25, 0.3) is 17.1 Å². The van der Waals surface area contributed by atoms with E-state index in [1.54, 1.807) is 13.1 Å². The first-order valence-electron chi connectivity index (χ1n) is 4.37. The van der Waals surface area contributed by atoms with Crippen molar-refractivity contribution in [2.45, 2.75) is 6.92 Å². The molecule has 2 aromatic rings. The first-order valence-corrected chi connectivity index (χ1v) is 4.37. The highest BCUT2D eigenvalue weighted by Crippen LogP contribution is 2.17. The molecular formula is C11H10N2O. The number of H-pyrrole nitrogens is 1. The lowest BCUT2D eigenvalue weighted by atomic mass is 10.1. The minimum atomic E-state index is 0.703. The van der Waals surface area contributed by atoms with Crippen molar-refractivity contribution in [3.8, 4) is 0 Å². The number of hydrogen-bond acceptors (Lipinski definition) is 2. The van der Waals surface area contributed by atoms with Crippen molar-refractivity contribution in [2.75, 3.05) is 0 Å². The van der Waals surface area contributed by atoms with Gasteiger partial charge in [-0.2, -0.15) is 0 Å². The van der Waals surface area contributed by atoms with Crippen molar-refractivity contribution in [1.29, 1.82) is 0 Å². The number of aromatic amines is 1. The third kappa shape index (κ3) is 1.44. The van der Waals surface area contributed by atoms with E-state index in [9.17, 15) is 4.79 Å². The quantitative estimate of drug-likeness (QED) is 0.577. The molecule has 0 unspecified atom stereocenters. The Hall–Kier alpha value is -1.90. The molecule has 2 aromatic heterocycles. The standard InChI is InChI=1S/C11H10N2O/c1-8(7-14)5-9-6-13-11-10(9)3-2-4-12-11/h2-7H,1H3,(H,12,13)/b8-5-. The molecule has 3 nitrogen and oxygen atoms in total. The smallest absolute Gasteiger partial charge is 0.145 e. The maximum Gasteiger partial charge on any atom is 0.145 e. The second-order valence-corrected chi connectivity index (χ2v) is 3.15. The van der Waals surface area contributed by atoms with Crippen molar-refractivity contribution in [2.24, 2.45) is 0 Å². The van der Waals surface area contributed by atoms with Crippen molar-refractivity contribution in [1.82, 2.24) is 9.97 Å². The van der Waals surface area contributed by atoms with Gasteiger partial charge in [-0.15, -0.1) is 0 Å². The van der Waals surface area contributed by atoms with Crippen molar-refractivity contribution in [3.05, 3.63) is 35.7 Å². The number of allylic oxidation sites excluding steroid dienone is 1. The number of hydrogen-bond donors (Lipinski definition) is 1. The predicted octanol–water partition coefficient (Wildman–Crippen LogP) is 2.17. The summed E-state index contributed by atoms with van der Waals surface area (Å²) in [6, 6.07) is 3.85. The molecule has 14 heavy (non-hydrogen) atoms. The first-order chi connectivity index (χ1) is 6.81. The van der Waals surface area contributed by atoms with Crippen LogP contribution in [-0.4, -0.2) is 16.3 Å².